The van der Waals surface area contributed by atoms with Gasteiger partial charge in [0.15, 0.2) is 0 Å². The average Bonchev–Trinajstić information content (AvgIpc) is 2.97. The number of anilines is 1. The maximum Gasteiger partial charge on any atom is 0.252 e. The van der Waals surface area contributed by atoms with Gasteiger partial charge >= 0.3 is 0 Å². The molecule has 3 heterocycles. The molecule has 1 aromatic heterocycles. The maximum atomic E-state index is 12.6. The third kappa shape index (κ3) is 2.03. The SMILES string of the molecule is Nc1csc(S(=O)(=O)N2CCCC3C(=O)NCC32)c1. The maximum absolute atomic E-state index is 12.6. The fraction of sp³-hybridized carbons (Fsp3) is 0.545. The largest absolute Gasteiger partial charge is 0.398 e. The molecule has 2 atom stereocenters. The summed E-state index contributed by atoms with van der Waals surface area (Å²) in [6.45, 7) is 0.875. The van der Waals surface area contributed by atoms with Gasteiger partial charge in [0.05, 0.1) is 12.0 Å². The first kappa shape index (κ1) is 12.9. The Labute approximate surface area is 115 Å². The van der Waals surface area contributed by atoms with E-state index in [0.29, 0.717) is 25.2 Å². The van der Waals surface area contributed by atoms with Crippen molar-refractivity contribution in [2.24, 2.45) is 5.92 Å². The Bertz CT molecular complexity index is 610. The summed E-state index contributed by atoms with van der Waals surface area (Å²) in [6.07, 6.45) is 1.48. The molecule has 2 unspecified atom stereocenters. The summed E-state index contributed by atoms with van der Waals surface area (Å²) in [5.74, 6) is -0.239. The monoisotopic (exact) mass is 301 g/mol. The highest BCUT2D eigenvalue weighted by atomic mass is 32.2. The number of sulfonamides is 1. The lowest BCUT2D eigenvalue weighted by atomic mass is 9.93. The summed E-state index contributed by atoms with van der Waals surface area (Å²) in [7, 11) is -3.54. The van der Waals surface area contributed by atoms with E-state index >= 15 is 0 Å². The Hall–Kier alpha value is -1.12. The van der Waals surface area contributed by atoms with Crippen LogP contribution in [0.15, 0.2) is 15.7 Å². The summed E-state index contributed by atoms with van der Waals surface area (Å²) in [5.41, 5.74) is 6.05. The van der Waals surface area contributed by atoms with Gasteiger partial charge in [0.1, 0.15) is 4.21 Å². The lowest BCUT2D eigenvalue weighted by Gasteiger charge is -2.34. The highest BCUT2D eigenvalue weighted by Gasteiger charge is 2.45. The first-order valence-electron chi connectivity index (χ1n) is 6.14. The number of nitrogens with one attached hydrogen (secondary N) is 1. The van der Waals surface area contributed by atoms with Gasteiger partial charge in [-0.2, -0.15) is 4.31 Å². The van der Waals surface area contributed by atoms with Gasteiger partial charge in [-0.3, -0.25) is 4.79 Å². The van der Waals surface area contributed by atoms with Crippen molar-refractivity contribution < 1.29 is 13.2 Å². The molecule has 1 aromatic rings. The van der Waals surface area contributed by atoms with Gasteiger partial charge in [-0.1, -0.05) is 0 Å². The topological polar surface area (TPSA) is 92.5 Å². The van der Waals surface area contributed by atoms with Crippen molar-refractivity contribution in [3.05, 3.63) is 11.4 Å². The van der Waals surface area contributed by atoms with Crippen LogP contribution in [0, 0.1) is 5.92 Å². The Kier molecular flexibility index (Phi) is 3.03. The Morgan fingerprint density at radius 3 is 2.95 bits per heavy atom. The number of nitrogens with two attached hydrogens (primary N) is 1. The van der Waals surface area contributed by atoms with Crippen LogP contribution in [0.25, 0.3) is 0 Å². The fourth-order valence-electron chi connectivity index (χ4n) is 2.79. The number of piperidine rings is 1. The minimum atomic E-state index is -3.54. The predicted molar refractivity (Wildman–Crippen MR) is 72.1 cm³/mol. The third-order valence-corrected chi connectivity index (χ3v) is 7.07. The number of thiophene rings is 1. The second-order valence-electron chi connectivity index (χ2n) is 4.88. The number of nitrogen functional groups attached to an aromatic ring is 1. The number of amides is 1. The second kappa shape index (κ2) is 4.46. The second-order valence-corrected chi connectivity index (χ2v) is 7.90. The first-order valence-corrected chi connectivity index (χ1v) is 8.45. The quantitative estimate of drug-likeness (QED) is 0.818. The van der Waals surface area contributed by atoms with E-state index in [4.69, 9.17) is 5.73 Å². The van der Waals surface area contributed by atoms with Crippen LogP contribution in [0.2, 0.25) is 0 Å². The lowest BCUT2D eigenvalue weighted by Crippen LogP contribution is -2.48. The summed E-state index contributed by atoms with van der Waals surface area (Å²) in [6, 6.07) is 1.22. The number of nitrogens with zero attached hydrogens (tertiary/aromatic N) is 1. The molecule has 104 valence electrons. The van der Waals surface area contributed by atoms with Gasteiger partial charge in [-0.25, -0.2) is 8.42 Å². The number of fused-ring (bicyclic) bond motifs is 1. The van der Waals surface area contributed by atoms with Crippen LogP contribution in [-0.4, -0.2) is 37.8 Å². The van der Waals surface area contributed by atoms with Crippen molar-refractivity contribution in [1.29, 1.82) is 0 Å². The fourth-order valence-corrected chi connectivity index (χ4v) is 5.70. The van der Waals surface area contributed by atoms with Gasteiger partial charge < -0.3 is 11.1 Å². The molecule has 2 fully saturated rings. The molecule has 3 N–H and O–H groups in total. The molecule has 3 rings (SSSR count). The van der Waals surface area contributed by atoms with Crippen LogP contribution in [-0.2, 0) is 14.8 Å². The molecule has 0 radical (unpaired) electrons. The summed E-state index contributed by atoms with van der Waals surface area (Å²) < 4.78 is 26.9. The lowest BCUT2D eigenvalue weighted by molar-refractivity contribution is -0.123. The van der Waals surface area contributed by atoms with E-state index in [1.165, 1.54) is 10.4 Å². The van der Waals surface area contributed by atoms with Crippen molar-refractivity contribution in [3.63, 3.8) is 0 Å². The number of carbonyl (C=O) groups excluding carboxylic acids is 1. The molecule has 0 saturated carbocycles. The molecule has 6 nitrogen and oxygen atoms in total. The van der Waals surface area contributed by atoms with Crippen LogP contribution in [0.5, 0.6) is 0 Å². The molecule has 2 aliphatic heterocycles. The van der Waals surface area contributed by atoms with Crippen LogP contribution in [0.4, 0.5) is 5.69 Å². The zero-order valence-electron chi connectivity index (χ0n) is 10.2. The van der Waals surface area contributed by atoms with E-state index in [0.717, 1.165) is 17.8 Å². The standard InChI is InChI=1S/C11H15N3O3S2/c12-7-4-10(18-6-7)19(16,17)14-3-1-2-8-9(14)5-13-11(8)15/h4,6,8-9H,1-3,5,12H2,(H,13,15). The zero-order chi connectivity index (χ0) is 13.6. The van der Waals surface area contributed by atoms with Gasteiger partial charge in [0, 0.05) is 24.2 Å². The number of hydrogen-bond donors (Lipinski definition) is 2. The van der Waals surface area contributed by atoms with Gasteiger partial charge in [-0.05, 0) is 18.9 Å². The predicted octanol–water partition coefficient (Wildman–Crippen LogP) is 0.229. The summed E-state index contributed by atoms with van der Waals surface area (Å²) >= 11 is 1.13. The van der Waals surface area contributed by atoms with E-state index in [9.17, 15) is 13.2 Å². The molecule has 0 bridgehead atoms. The van der Waals surface area contributed by atoms with Gasteiger partial charge in [-0.15, -0.1) is 11.3 Å². The van der Waals surface area contributed by atoms with Crippen LogP contribution in [0.1, 0.15) is 12.8 Å². The molecular weight excluding hydrogens is 286 g/mol. The summed E-state index contributed by atoms with van der Waals surface area (Å²) in [4.78, 5) is 11.7. The molecule has 1 amide bonds. The number of hydrogen-bond acceptors (Lipinski definition) is 5. The van der Waals surface area contributed by atoms with Crippen LogP contribution >= 0.6 is 11.3 Å². The summed E-state index contributed by atoms with van der Waals surface area (Å²) in [5, 5.41) is 4.37. The van der Waals surface area contributed by atoms with E-state index in [1.807, 2.05) is 0 Å². The Morgan fingerprint density at radius 2 is 2.26 bits per heavy atom. The molecule has 19 heavy (non-hydrogen) atoms. The van der Waals surface area contributed by atoms with Crippen molar-refractivity contribution in [1.82, 2.24) is 9.62 Å². The minimum absolute atomic E-state index is 0.0319. The minimum Gasteiger partial charge on any atom is -0.398 e. The molecule has 0 spiro atoms. The van der Waals surface area contributed by atoms with Crippen molar-refractivity contribution in [2.75, 3.05) is 18.8 Å². The van der Waals surface area contributed by atoms with E-state index in [2.05, 4.69) is 5.32 Å². The molecule has 0 aromatic carbocycles. The Morgan fingerprint density at radius 1 is 1.47 bits per heavy atom. The van der Waals surface area contributed by atoms with Crippen molar-refractivity contribution in [2.45, 2.75) is 23.1 Å². The van der Waals surface area contributed by atoms with Crippen molar-refractivity contribution in [3.8, 4) is 0 Å². The smallest absolute Gasteiger partial charge is 0.252 e. The normalized spacial score (nSPS) is 28.1. The van der Waals surface area contributed by atoms with E-state index in [-0.39, 0.29) is 22.1 Å². The number of rotatable bonds is 2. The molecule has 2 aliphatic rings. The molecular formula is C11H15N3O3S2. The highest BCUT2D eigenvalue weighted by Crippen LogP contribution is 2.34. The third-order valence-electron chi connectivity index (χ3n) is 3.71. The number of carbonyl (C=O) groups is 1. The van der Waals surface area contributed by atoms with Crippen LogP contribution in [0.3, 0.4) is 0 Å². The molecule has 8 heteroatoms. The zero-order valence-corrected chi connectivity index (χ0v) is 11.8. The Balaban J connectivity index is 1.95. The van der Waals surface area contributed by atoms with E-state index in [1.54, 1.807) is 5.38 Å². The van der Waals surface area contributed by atoms with Gasteiger partial charge in [0.25, 0.3) is 10.0 Å². The highest BCUT2D eigenvalue weighted by molar-refractivity contribution is 7.91. The van der Waals surface area contributed by atoms with Crippen LogP contribution < -0.4 is 11.1 Å². The molecule has 2 saturated heterocycles. The first-order chi connectivity index (χ1) is 9.00. The van der Waals surface area contributed by atoms with Crippen molar-refractivity contribution >= 4 is 33.0 Å². The van der Waals surface area contributed by atoms with Gasteiger partial charge in [0.2, 0.25) is 5.91 Å². The van der Waals surface area contributed by atoms with E-state index < -0.39 is 10.0 Å². The average molecular weight is 301 g/mol. The molecule has 0 aliphatic carbocycles.